The second-order valence-electron chi connectivity index (χ2n) is 6.82. The van der Waals surface area contributed by atoms with Crippen LogP contribution in [0.2, 0.25) is 0 Å². The molecule has 2 aromatic heterocycles. The minimum absolute atomic E-state index is 0.233. The van der Waals surface area contributed by atoms with Gasteiger partial charge in [-0.05, 0) is 38.5 Å². The number of fused-ring (bicyclic) bond motifs is 1. The van der Waals surface area contributed by atoms with Crippen LogP contribution in [-0.4, -0.2) is 15.5 Å². The highest BCUT2D eigenvalue weighted by molar-refractivity contribution is 7.17. The number of carbonyl (C=O) groups is 1. The summed E-state index contributed by atoms with van der Waals surface area (Å²) in [5.41, 5.74) is 5.71. The van der Waals surface area contributed by atoms with E-state index in [0.717, 1.165) is 16.1 Å². The van der Waals surface area contributed by atoms with Gasteiger partial charge in [0.1, 0.15) is 9.88 Å². The zero-order valence-corrected chi connectivity index (χ0v) is 16.8. The fourth-order valence-electron chi connectivity index (χ4n) is 3.18. The van der Waals surface area contributed by atoms with E-state index in [1.54, 1.807) is 25.2 Å². The molecule has 0 unspecified atom stereocenters. The number of thiazole rings is 1. The lowest BCUT2D eigenvalue weighted by Crippen LogP contribution is -2.11. The zero-order valence-electron chi connectivity index (χ0n) is 16.0. The Labute approximate surface area is 165 Å². The number of aromatic nitrogens is 2. The molecule has 4 rings (SSSR count). The Bertz CT molecular complexity index is 1280. The van der Waals surface area contributed by atoms with E-state index in [2.05, 4.69) is 23.3 Å². The average Bonchev–Trinajstić information content (AvgIpc) is 3.15. The van der Waals surface area contributed by atoms with Gasteiger partial charge in [-0.3, -0.25) is 9.36 Å². The first-order valence-corrected chi connectivity index (χ1v) is 9.61. The third kappa shape index (κ3) is 3.14. The highest BCUT2D eigenvalue weighted by atomic mass is 32.1. The lowest BCUT2D eigenvalue weighted by Gasteiger charge is -2.04. The van der Waals surface area contributed by atoms with E-state index in [1.165, 1.54) is 21.5 Å². The number of benzene rings is 2. The quantitative estimate of drug-likeness (QED) is 0.558. The maximum Gasteiger partial charge on any atom is 0.419 e. The number of hydrogen-bond acceptors (Lipinski definition) is 5. The Kier molecular flexibility index (Phi) is 4.39. The SMILES string of the molecule is Cc1ccc(-c2nc(C)c(C(=O)Nc3ccc4c(c3)oc(=O)n4C)s2)c(C)c1. The van der Waals surface area contributed by atoms with Gasteiger partial charge in [-0.15, -0.1) is 11.3 Å². The summed E-state index contributed by atoms with van der Waals surface area (Å²) in [4.78, 5) is 29.6. The van der Waals surface area contributed by atoms with Crippen molar-refractivity contribution in [2.24, 2.45) is 7.05 Å². The van der Waals surface area contributed by atoms with Crippen molar-refractivity contribution in [1.29, 1.82) is 0 Å². The van der Waals surface area contributed by atoms with Gasteiger partial charge in [-0.2, -0.15) is 0 Å². The highest BCUT2D eigenvalue weighted by Crippen LogP contribution is 2.31. The van der Waals surface area contributed by atoms with Crippen LogP contribution in [0.25, 0.3) is 21.7 Å². The standard InChI is InChI=1S/C21H19N3O3S/c1-11-5-7-15(12(2)9-11)20-22-13(3)18(28-20)19(25)23-14-6-8-16-17(10-14)27-21(26)24(16)4/h5-10H,1-4H3,(H,23,25). The van der Waals surface area contributed by atoms with Crippen molar-refractivity contribution in [2.45, 2.75) is 20.8 Å². The van der Waals surface area contributed by atoms with Crippen LogP contribution >= 0.6 is 11.3 Å². The molecule has 0 saturated carbocycles. The van der Waals surface area contributed by atoms with E-state index in [-0.39, 0.29) is 5.91 Å². The van der Waals surface area contributed by atoms with Crippen molar-refractivity contribution >= 4 is 34.0 Å². The molecule has 0 atom stereocenters. The van der Waals surface area contributed by atoms with Crippen LogP contribution in [-0.2, 0) is 7.05 Å². The zero-order chi connectivity index (χ0) is 20.0. The third-order valence-corrected chi connectivity index (χ3v) is 5.85. The predicted molar refractivity (Wildman–Crippen MR) is 111 cm³/mol. The van der Waals surface area contributed by atoms with Crippen molar-refractivity contribution in [1.82, 2.24) is 9.55 Å². The van der Waals surface area contributed by atoms with Gasteiger partial charge in [0.05, 0.1) is 11.2 Å². The first-order chi connectivity index (χ1) is 13.3. The van der Waals surface area contributed by atoms with Gasteiger partial charge in [0.25, 0.3) is 5.91 Å². The van der Waals surface area contributed by atoms with E-state index < -0.39 is 5.76 Å². The minimum atomic E-state index is -0.435. The number of hydrogen-bond donors (Lipinski definition) is 1. The monoisotopic (exact) mass is 393 g/mol. The second-order valence-corrected chi connectivity index (χ2v) is 7.81. The molecule has 0 fully saturated rings. The smallest absolute Gasteiger partial charge is 0.408 e. The summed E-state index contributed by atoms with van der Waals surface area (Å²) < 4.78 is 6.60. The molecule has 0 aliphatic rings. The van der Waals surface area contributed by atoms with Crippen molar-refractivity contribution in [3.05, 3.63) is 68.6 Å². The molecular weight excluding hydrogens is 374 g/mol. The molecule has 0 saturated heterocycles. The Morgan fingerprint density at radius 3 is 2.68 bits per heavy atom. The number of nitrogens with zero attached hydrogens (tertiary/aromatic N) is 2. The maximum atomic E-state index is 12.8. The summed E-state index contributed by atoms with van der Waals surface area (Å²) in [6, 6.07) is 11.3. The molecule has 0 radical (unpaired) electrons. The van der Waals surface area contributed by atoms with Crippen LogP contribution in [0.1, 0.15) is 26.5 Å². The summed E-state index contributed by atoms with van der Waals surface area (Å²) >= 11 is 1.37. The van der Waals surface area contributed by atoms with Crippen molar-refractivity contribution in [2.75, 3.05) is 5.32 Å². The summed E-state index contributed by atoms with van der Waals surface area (Å²) in [6.07, 6.45) is 0. The van der Waals surface area contributed by atoms with Gasteiger partial charge in [-0.25, -0.2) is 9.78 Å². The molecule has 0 aliphatic carbocycles. The number of oxazole rings is 1. The van der Waals surface area contributed by atoms with E-state index in [0.29, 0.717) is 27.4 Å². The van der Waals surface area contributed by atoms with Gasteiger partial charge >= 0.3 is 5.76 Å². The van der Waals surface area contributed by atoms with Gasteiger partial charge in [0, 0.05) is 24.4 Å². The van der Waals surface area contributed by atoms with Gasteiger partial charge in [0.15, 0.2) is 5.58 Å². The number of amides is 1. The minimum Gasteiger partial charge on any atom is -0.408 e. The van der Waals surface area contributed by atoms with Crippen LogP contribution in [0.15, 0.2) is 45.6 Å². The summed E-state index contributed by atoms with van der Waals surface area (Å²) in [5.74, 6) is -0.668. The van der Waals surface area contributed by atoms with Crippen molar-refractivity contribution in [3.63, 3.8) is 0 Å². The molecule has 1 N–H and O–H groups in total. The largest absolute Gasteiger partial charge is 0.419 e. The topological polar surface area (TPSA) is 77.1 Å². The highest BCUT2D eigenvalue weighted by Gasteiger charge is 2.18. The fraction of sp³-hybridized carbons (Fsp3) is 0.190. The lowest BCUT2D eigenvalue weighted by molar-refractivity contribution is 0.103. The number of rotatable bonds is 3. The summed E-state index contributed by atoms with van der Waals surface area (Å²) in [5, 5.41) is 3.69. The normalized spacial score (nSPS) is 11.1. The maximum absolute atomic E-state index is 12.8. The number of aryl methyl sites for hydroxylation is 4. The van der Waals surface area contributed by atoms with E-state index in [9.17, 15) is 9.59 Å². The molecule has 2 heterocycles. The average molecular weight is 393 g/mol. The predicted octanol–water partition coefficient (Wildman–Crippen LogP) is 4.43. The van der Waals surface area contributed by atoms with Crippen LogP contribution < -0.4 is 11.1 Å². The number of nitrogens with one attached hydrogen (secondary N) is 1. The van der Waals surface area contributed by atoms with E-state index >= 15 is 0 Å². The summed E-state index contributed by atoms with van der Waals surface area (Å²) in [6.45, 7) is 5.92. The first kappa shape index (κ1) is 18.2. The Balaban J connectivity index is 1.63. The number of anilines is 1. The Morgan fingerprint density at radius 2 is 1.93 bits per heavy atom. The third-order valence-electron chi connectivity index (χ3n) is 4.67. The van der Waals surface area contributed by atoms with E-state index in [1.807, 2.05) is 26.0 Å². The van der Waals surface area contributed by atoms with Crippen LogP contribution in [0, 0.1) is 20.8 Å². The Morgan fingerprint density at radius 1 is 1.14 bits per heavy atom. The molecule has 0 aliphatic heterocycles. The Hall–Kier alpha value is -3.19. The first-order valence-electron chi connectivity index (χ1n) is 8.79. The molecule has 28 heavy (non-hydrogen) atoms. The molecular formula is C21H19N3O3S. The molecule has 1 amide bonds. The van der Waals surface area contributed by atoms with Crippen LogP contribution in [0.4, 0.5) is 5.69 Å². The van der Waals surface area contributed by atoms with E-state index in [4.69, 9.17) is 4.42 Å². The van der Waals surface area contributed by atoms with Crippen LogP contribution in [0.3, 0.4) is 0 Å². The van der Waals surface area contributed by atoms with Gasteiger partial charge in [0.2, 0.25) is 0 Å². The molecule has 7 heteroatoms. The molecule has 142 valence electrons. The lowest BCUT2D eigenvalue weighted by atomic mass is 10.1. The summed E-state index contributed by atoms with van der Waals surface area (Å²) in [7, 11) is 1.64. The molecule has 0 bridgehead atoms. The number of carbonyl (C=O) groups excluding carboxylic acids is 1. The molecule has 6 nitrogen and oxygen atoms in total. The second kappa shape index (κ2) is 6.76. The van der Waals surface area contributed by atoms with Crippen molar-refractivity contribution in [3.8, 4) is 10.6 Å². The molecule has 4 aromatic rings. The fourth-order valence-corrected chi connectivity index (χ4v) is 4.23. The molecule has 2 aromatic carbocycles. The van der Waals surface area contributed by atoms with Gasteiger partial charge in [-0.1, -0.05) is 23.8 Å². The van der Waals surface area contributed by atoms with Crippen LogP contribution in [0.5, 0.6) is 0 Å². The van der Waals surface area contributed by atoms with Crippen molar-refractivity contribution < 1.29 is 9.21 Å². The molecule has 0 spiro atoms. The van der Waals surface area contributed by atoms with Gasteiger partial charge < -0.3 is 9.73 Å².